The number of aromatic nitrogens is 8. The molecule has 22 rings (SSSR count). The predicted octanol–water partition coefficient (Wildman–Crippen LogP) is 22.6. The SMILES string of the molecule is BrCc1ccccc1.Clc1c(N(Cc2ccccc2)c2ccc(-c3nc4ccccc4n3-c3ccccc3)cc2)cccc1N(Cc1ccccc1)c1ccc2c(c1)c1ccccc1n2-c1ccccn1.Clc1c(Nc2ccc3c(c2)c2ccccc2n3-c2ccccn2)cccc1N(Cc1ccccc1)c1ccc(-c2nc3ccccc3n2-c2ccccc2)cc1.O=CO[O-].[H-].[K+].[K+]. The van der Waals surface area contributed by atoms with Gasteiger partial charge in [-0.2, -0.15) is 0 Å². The van der Waals surface area contributed by atoms with E-state index in [4.69, 9.17) is 48.2 Å². The number of para-hydroxylation sites is 8. The van der Waals surface area contributed by atoms with Crippen LogP contribution in [0.5, 0.6) is 0 Å². The fraction of sp³-hybridized carbons (Fsp3) is 0.0354. The van der Waals surface area contributed by atoms with Gasteiger partial charge in [0.2, 0.25) is 0 Å². The maximum Gasteiger partial charge on any atom is 1.00 e. The second kappa shape index (κ2) is 43.8. The minimum atomic E-state index is -0.181. The molecule has 0 aliphatic carbocycles. The Kier molecular flexibility index (Phi) is 30.4. The number of halogens is 3. The average Bonchev–Trinajstić information content (AvgIpc) is 1.59. The third kappa shape index (κ3) is 20.3. The van der Waals surface area contributed by atoms with Gasteiger partial charge in [0.15, 0.2) is 0 Å². The summed E-state index contributed by atoms with van der Waals surface area (Å²) < 4.78 is 8.92. The van der Waals surface area contributed by atoms with Crippen molar-refractivity contribution in [2.45, 2.75) is 25.0 Å². The van der Waals surface area contributed by atoms with E-state index in [0.717, 1.165) is 162 Å². The van der Waals surface area contributed by atoms with Crippen LogP contribution >= 0.6 is 39.1 Å². The van der Waals surface area contributed by atoms with Crippen LogP contribution in [0.25, 0.3) is 111 Å². The van der Waals surface area contributed by atoms with Gasteiger partial charge in [0.25, 0.3) is 6.47 Å². The number of nitrogens with zero attached hydrogens (tertiary/aromatic N) is 11. The van der Waals surface area contributed by atoms with Crippen LogP contribution in [-0.2, 0) is 34.6 Å². The number of carbonyl (C=O) groups is 1. The largest absolute Gasteiger partial charge is 1.00 e. The van der Waals surface area contributed by atoms with Gasteiger partial charge in [-0.05, 0) is 216 Å². The summed E-state index contributed by atoms with van der Waals surface area (Å²) in [6.45, 7) is 1.68. The zero-order valence-electron chi connectivity index (χ0n) is 73.9. The van der Waals surface area contributed by atoms with Crippen LogP contribution in [0.15, 0.2) is 449 Å². The molecule has 6 heterocycles. The van der Waals surface area contributed by atoms with Gasteiger partial charge in [0, 0.05) is 104 Å². The molecule has 0 aliphatic rings. The molecule has 638 valence electrons. The van der Waals surface area contributed by atoms with Gasteiger partial charge in [0.05, 0.1) is 76.9 Å². The zero-order chi connectivity index (χ0) is 88.8. The number of imidazole rings is 2. The number of alkyl halides is 1. The number of anilines is 8. The van der Waals surface area contributed by atoms with E-state index in [-0.39, 0.29) is 111 Å². The molecule has 0 bridgehead atoms. The van der Waals surface area contributed by atoms with Gasteiger partial charge < -0.3 is 31.6 Å². The molecule has 0 spiro atoms. The summed E-state index contributed by atoms with van der Waals surface area (Å²) in [5, 5.41) is 18.9. The first-order valence-corrected chi connectivity index (χ1v) is 44.9. The van der Waals surface area contributed by atoms with Gasteiger partial charge in [-0.25, -0.2) is 19.9 Å². The monoisotopic (exact) mass is 1880 g/mol. The van der Waals surface area contributed by atoms with E-state index in [1.54, 1.807) is 0 Å². The number of benzene rings is 16. The third-order valence-electron chi connectivity index (χ3n) is 23.1. The summed E-state index contributed by atoms with van der Waals surface area (Å²) in [4.78, 5) is 37.8. The van der Waals surface area contributed by atoms with Gasteiger partial charge >= 0.3 is 103 Å². The van der Waals surface area contributed by atoms with E-state index >= 15 is 0 Å². The molecule has 0 unspecified atom stereocenters. The molecule has 16 aromatic carbocycles. The summed E-state index contributed by atoms with van der Waals surface area (Å²) in [7, 11) is 0. The number of fused-ring (bicyclic) bond motifs is 8. The molecule has 6 aromatic heterocycles. The fourth-order valence-electron chi connectivity index (χ4n) is 17.1. The Morgan fingerprint density at radius 2 is 0.684 bits per heavy atom. The Morgan fingerprint density at radius 1 is 0.338 bits per heavy atom. The summed E-state index contributed by atoms with van der Waals surface area (Å²) in [6.07, 6.45) is 3.68. The predicted molar refractivity (Wildman–Crippen MR) is 541 cm³/mol. The third-order valence-corrected chi connectivity index (χ3v) is 24.5. The molecular formula is C113H85BrCl2K2N12O3. The molecule has 1 N–H and O–H groups in total. The van der Waals surface area contributed by atoms with Crippen LogP contribution in [0.4, 0.5) is 45.5 Å². The number of pyridine rings is 2. The molecule has 0 fully saturated rings. The van der Waals surface area contributed by atoms with E-state index in [9.17, 15) is 0 Å². The Hall–Kier alpha value is -12.7. The Balaban J connectivity index is 0.000000171. The Labute approximate surface area is 875 Å². The minimum Gasteiger partial charge on any atom is -1.00 e. The maximum atomic E-state index is 8.64. The van der Waals surface area contributed by atoms with Crippen LogP contribution in [0, 0.1) is 0 Å². The topological polar surface area (TPSA) is 142 Å². The van der Waals surface area contributed by atoms with Crippen molar-refractivity contribution in [3.05, 3.63) is 481 Å². The second-order valence-corrected chi connectivity index (χ2v) is 32.5. The van der Waals surface area contributed by atoms with Crippen LogP contribution in [0.3, 0.4) is 0 Å². The molecule has 0 radical (unpaired) electrons. The number of rotatable bonds is 22. The van der Waals surface area contributed by atoms with E-state index in [0.29, 0.717) is 29.7 Å². The van der Waals surface area contributed by atoms with E-state index in [2.05, 4.69) is 416 Å². The van der Waals surface area contributed by atoms with Crippen molar-refractivity contribution in [1.82, 2.24) is 38.2 Å². The van der Waals surface area contributed by atoms with Crippen molar-refractivity contribution in [2.75, 3.05) is 20.0 Å². The second-order valence-electron chi connectivity index (χ2n) is 31.2. The van der Waals surface area contributed by atoms with E-state index < -0.39 is 0 Å². The van der Waals surface area contributed by atoms with Crippen molar-refractivity contribution in [2.24, 2.45) is 0 Å². The van der Waals surface area contributed by atoms with Crippen LogP contribution in [0.1, 0.15) is 23.7 Å². The number of hydrogen-bond acceptors (Lipinski definition) is 11. The molecule has 0 saturated heterocycles. The average molecular weight is 1890 g/mol. The summed E-state index contributed by atoms with van der Waals surface area (Å²) >= 11 is 18.5. The standard InChI is InChI=1S/C56H41ClN6.C49H35ClN6.C7H7Br.CH2O3.2K.H/c57-55-52(60(38-40-17-4-1-5-18-40)43-32-30-42(31-33-43)56-59-48-24-11-13-26-51(48)62(56)44-21-8-3-9-22-44)27-16-28-53(55)61(39-41-19-6-2-7-20-41)45-34-35-50-47(37-45)46-23-10-12-25-49(46)63(50)54-29-14-15-36-58-54;50-48-42(52-36-27-30-44-40(32-36)39-18-7-9-21-43(39)56(44)47-24-11-12-31-51-47)20-13-23-46(48)54(33-34-14-3-1-4-15-34)37-28-25-35(26-29-37)49-53-41-19-8-10-22-45(41)55(49)38-16-5-2-6-17-38;8-6-7-4-2-1-3-5-7;2-1-4-3;;;/h1-37H,38-39H2;1-32,52H,33H2;1-5H,6H2;1,3H;;;/q;;;;2*+1;-1/p-1. The van der Waals surface area contributed by atoms with Crippen LogP contribution in [0.2, 0.25) is 10.0 Å². The fourth-order valence-corrected chi connectivity index (χ4v) is 18.0. The minimum absolute atomic E-state index is 0. The van der Waals surface area contributed by atoms with E-state index in [1.807, 2.05) is 97.3 Å². The van der Waals surface area contributed by atoms with Gasteiger partial charge in [0.1, 0.15) is 23.3 Å². The van der Waals surface area contributed by atoms with Crippen LogP contribution in [-0.4, -0.2) is 44.7 Å². The van der Waals surface area contributed by atoms with Crippen molar-refractivity contribution in [1.29, 1.82) is 0 Å². The summed E-state index contributed by atoms with van der Waals surface area (Å²) in [6, 6.07) is 151. The van der Waals surface area contributed by atoms with E-state index in [1.165, 1.54) is 22.3 Å². The molecular weight excluding hydrogens is 1800 g/mol. The number of hydrogen-bond donors (Lipinski definition) is 1. The molecule has 22 aromatic rings. The van der Waals surface area contributed by atoms with Crippen molar-refractivity contribution >= 4 is 157 Å². The first kappa shape index (κ1) is 92.2. The van der Waals surface area contributed by atoms with Crippen molar-refractivity contribution in [3.8, 4) is 45.8 Å². The van der Waals surface area contributed by atoms with Crippen molar-refractivity contribution in [3.63, 3.8) is 0 Å². The molecule has 0 aliphatic heterocycles. The number of carbonyl (C=O) groups excluding carboxylic acids is 1. The Morgan fingerprint density at radius 3 is 1.10 bits per heavy atom. The Bertz CT molecular complexity index is 7700. The normalized spacial score (nSPS) is 10.9. The number of nitrogens with one attached hydrogen (secondary N) is 1. The first-order valence-electron chi connectivity index (χ1n) is 43.0. The van der Waals surface area contributed by atoms with Crippen LogP contribution < -0.4 is 128 Å². The molecule has 0 amide bonds. The zero-order valence-corrected chi connectivity index (χ0v) is 82.3. The smallest absolute Gasteiger partial charge is 1.00 e. The summed E-state index contributed by atoms with van der Waals surface area (Å²) in [5.74, 6) is 3.55. The molecule has 20 heteroatoms. The quantitative estimate of drug-likeness (QED) is 0.0228. The molecule has 133 heavy (non-hydrogen) atoms. The maximum absolute atomic E-state index is 8.64. The summed E-state index contributed by atoms with van der Waals surface area (Å²) in [5.41, 5.74) is 25.0. The molecule has 0 saturated carbocycles. The molecule has 0 atom stereocenters. The van der Waals surface area contributed by atoms with Gasteiger partial charge in [-0.15, -0.1) is 0 Å². The first-order chi connectivity index (χ1) is 64.7. The van der Waals surface area contributed by atoms with Crippen molar-refractivity contribution < 1.29 is 119 Å². The van der Waals surface area contributed by atoms with Gasteiger partial charge in [-0.3, -0.25) is 23.1 Å². The van der Waals surface area contributed by atoms with Gasteiger partial charge in [-0.1, -0.05) is 282 Å². The molecule has 15 nitrogen and oxygen atoms in total.